The van der Waals surface area contributed by atoms with Gasteiger partial charge >= 0.3 is 16.4 Å². The molecule has 13 heteroatoms. The van der Waals surface area contributed by atoms with E-state index in [1.165, 1.54) is 4.90 Å². The summed E-state index contributed by atoms with van der Waals surface area (Å²) >= 11 is 0. The van der Waals surface area contributed by atoms with Gasteiger partial charge in [-0.25, -0.2) is 10.3 Å². The number of hydroxylamine groups is 3. The van der Waals surface area contributed by atoms with E-state index < -0.39 is 34.4 Å². The average molecular weight is 443 g/mol. The van der Waals surface area contributed by atoms with Gasteiger partial charge in [-0.05, 0) is 37.3 Å². The molecule has 4 heterocycles. The summed E-state index contributed by atoms with van der Waals surface area (Å²) in [6.07, 6.45) is 5.67. The highest BCUT2D eigenvalue weighted by atomic mass is 32.3. The Morgan fingerprint density at radius 1 is 1.30 bits per heavy atom. The molecule has 1 aromatic heterocycles. The first kappa shape index (κ1) is 21.1. The van der Waals surface area contributed by atoms with Crippen LogP contribution in [-0.4, -0.2) is 77.3 Å². The van der Waals surface area contributed by atoms with Crippen molar-refractivity contribution in [3.05, 3.63) is 24.5 Å². The van der Waals surface area contributed by atoms with Gasteiger partial charge in [0, 0.05) is 38.1 Å². The summed E-state index contributed by atoms with van der Waals surface area (Å²) in [5.41, 5.74) is 2.40. The minimum absolute atomic E-state index is 0.119. The van der Waals surface area contributed by atoms with Gasteiger partial charge in [0.15, 0.2) is 0 Å². The zero-order valence-electron chi connectivity index (χ0n) is 16.2. The first-order chi connectivity index (χ1) is 14.3. The predicted molar refractivity (Wildman–Crippen MR) is 102 cm³/mol. The maximum Gasteiger partial charge on any atom is 0.418 e. The Kier molecular flexibility index (Phi) is 5.97. The molecule has 3 aliphatic rings. The van der Waals surface area contributed by atoms with Crippen molar-refractivity contribution in [3.8, 4) is 0 Å². The van der Waals surface area contributed by atoms with E-state index in [-0.39, 0.29) is 12.6 Å². The van der Waals surface area contributed by atoms with Crippen molar-refractivity contribution in [1.29, 1.82) is 0 Å². The van der Waals surface area contributed by atoms with E-state index in [4.69, 9.17) is 9.39 Å². The summed E-state index contributed by atoms with van der Waals surface area (Å²) in [4.78, 5) is 31.4. The van der Waals surface area contributed by atoms with Gasteiger partial charge in [0.05, 0.1) is 12.6 Å². The molecule has 3 aliphatic heterocycles. The van der Waals surface area contributed by atoms with Crippen molar-refractivity contribution in [3.63, 3.8) is 0 Å². The lowest BCUT2D eigenvalue weighted by atomic mass is 10.0. The smallest absolute Gasteiger partial charge is 0.354 e. The van der Waals surface area contributed by atoms with Gasteiger partial charge in [0.1, 0.15) is 6.04 Å². The van der Waals surface area contributed by atoms with Gasteiger partial charge in [-0.3, -0.25) is 14.2 Å². The SMILES string of the molecule is O=C(NOC[C@@H]1C[C@H](Cn2cccc2)CN1)[C@@H]1CC[C@@H]2CN1C(=O)N2OS(=O)(=O)O. The van der Waals surface area contributed by atoms with Crippen LogP contribution in [0.2, 0.25) is 0 Å². The highest BCUT2D eigenvalue weighted by molar-refractivity contribution is 7.80. The molecular weight excluding hydrogens is 418 g/mol. The topological polar surface area (TPSA) is 142 Å². The fraction of sp³-hybridized carbons (Fsp3) is 0.647. The summed E-state index contributed by atoms with van der Waals surface area (Å²) in [6, 6.07) is 2.00. The molecule has 4 atom stereocenters. The number of hydrogen-bond acceptors (Lipinski definition) is 7. The number of carbonyl (C=O) groups excluding carboxylic acids is 2. The van der Waals surface area contributed by atoms with Crippen molar-refractivity contribution in [2.24, 2.45) is 5.92 Å². The second kappa shape index (κ2) is 8.51. The first-order valence-corrected chi connectivity index (χ1v) is 11.2. The van der Waals surface area contributed by atoms with E-state index in [2.05, 4.69) is 19.6 Å². The van der Waals surface area contributed by atoms with E-state index in [1.54, 1.807) is 0 Å². The largest absolute Gasteiger partial charge is 0.418 e. The van der Waals surface area contributed by atoms with Crippen molar-refractivity contribution in [1.82, 2.24) is 25.3 Å². The number of rotatable bonds is 8. The highest BCUT2D eigenvalue weighted by Crippen LogP contribution is 2.30. The van der Waals surface area contributed by atoms with Crippen LogP contribution >= 0.6 is 0 Å². The number of carbonyl (C=O) groups is 2. The number of urea groups is 1. The molecule has 3 saturated heterocycles. The molecule has 0 unspecified atom stereocenters. The molecule has 12 nitrogen and oxygen atoms in total. The molecule has 2 bridgehead atoms. The molecule has 0 spiro atoms. The van der Waals surface area contributed by atoms with Crippen molar-refractivity contribution < 1.29 is 31.7 Å². The van der Waals surface area contributed by atoms with E-state index in [0.29, 0.717) is 30.4 Å². The summed E-state index contributed by atoms with van der Waals surface area (Å²) < 4.78 is 37.2. The Balaban J connectivity index is 1.22. The van der Waals surface area contributed by atoms with E-state index >= 15 is 0 Å². The third kappa shape index (κ3) is 4.75. The number of piperidine rings is 1. The molecule has 3 N–H and O–H groups in total. The van der Waals surface area contributed by atoms with Gasteiger partial charge in [0.2, 0.25) is 0 Å². The van der Waals surface area contributed by atoms with Crippen LogP contribution in [0, 0.1) is 5.92 Å². The fourth-order valence-corrected chi connectivity index (χ4v) is 4.73. The van der Waals surface area contributed by atoms with Crippen LogP contribution in [0.3, 0.4) is 0 Å². The lowest BCUT2D eigenvalue weighted by molar-refractivity contribution is -0.139. The van der Waals surface area contributed by atoms with Gasteiger partial charge in [-0.15, -0.1) is 4.28 Å². The molecule has 0 aromatic carbocycles. The van der Waals surface area contributed by atoms with Crippen LogP contribution in [0.1, 0.15) is 19.3 Å². The van der Waals surface area contributed by atoms with E-state index in [0.717, 1.165) is 19.5 Å². The minimum Gasteiger partial charge on any atom is -0.354 e. The van der Waals surface area contributed by atoms with Crippen LogP contribution in [0.5, 0.6) is 0 Å². The molecule has 4 rings (SSSR count). The van der Waals surface area contributed by atoms with Crippen LogP contribution < -0.4 is 10.8 Å². The normalized spacial score (nSPS) is 28.9. The van der Waals surface area contributed by atoms with E-state index in [1.807, 2.05) is 24.5 Å². The van der Waals surface area contributed by atoms with Crippen molar-refractivity contribution in [2.45, 2.75) is 43.9 Å². The Labute approximate surface area is 173 Å². The second-order valence-corrected chi connectivity index (χ2v) is 8.88. The molecular formula is C17H25N5O7S. The molecule has 1 aromatic rings. The van der Waals surface area contributed by atoms with Crippen molar-refractivity contribution >= 4 is 22.3 Å². The van der Waals surface area contributed by atoms with Crippen LogP contribution in [-0.2, 0) is 30.9 Å². The Morgan fingerprint density at radius 3 is 2.80 bits per heavy atom. The summed E-state index contributed by atoms with van der Waals surface area (Å²) in [6.45, 7) is 2.23. The molecule has 30 heavy (non-hydrogen) atoms. The zero-order chi connectivity index (χ0) is 21.3. The molecule has 0 aliphatic carbocycles. The summed E-state index contributed by atoms with van der Waals surface area (Å²) in [7, 11) is -4.82. The average Bonchev–Trinajstić information content (AvgIpc) is 3.40. The third-order valence-corrected chi connectivity index (χ3v) is 6.05. The summed E-state index contributed by atoms with van der Waals surface area (Å²) in [5.74, 6) is 0.00498. The molecule has 166 valence electrons. The van der Waals surface area contributed by atoms with E-state index in [9.17, 15) is 18.0 Å². The lowest BCUT2D eigenvalue weighted by Gasteiger charge is -2.29. The third-order valence-electron chi connectivity index (χ3n) is 5.71. The van der Waals surface area contributed by atoms with Gasteiger partial charge in [-0.1, -0.05) is 0 Å². The molecule has 0 radical (unpaired) electrons. The number of fused-ring (bicyclic) bond motifs is 2. The number of hydrogen-bond donors (Lipinski definition) is 3. The number of aromatic nitrogens is 1. The molecule has 0 saturated carbocycles. The zero-order valence-corrected chi connectivity index (χ0v) is 17.0. The predicted octanol–water partition coefficient (Wildman–Crippen LogP) is -0.483. The summed E-state index contributed by atoms with van der Waals surface area (Å²) in [5, 5.41) is 3.98. The van der Waals surface area contributed by atoms with Crippen molar-refractivity contribution in [2.75, 3.05) is 19.7 Å². The fourth-order valence-electron chi connectivity index (χ4n) is 4.34. The van der Waals surface area contributed by atoms with Gasteiger partial charge < -0.3 is 14.8 Å². The number of nitrogens with one attached hydrogen (secondary N) is 2. The monoisotopic (exact) mass is 443 g/mol. The maximum absolute atomic E-state index is 12.5. The maximum atomic E-state index is 12.5. The lowest BCUT2D eigenvalue weighted by Crippen LogP contribution is -2.50. The number of nitrogens with zero attached hydrogens (tertiary/aromatic N) is 3. The minimum atomic E-state index is -4.82. The second-order valence-electron chi connectivity index (χ2n) is 7.87. The quantitative estimate of drug-likeness (QED) is 0.361. The Hall–Kier alpha value is -2.19. The van der Waals surface area contributed by atoms with Crippen LogP contribution in [0.4, 0.5) is 4.79 Å². The van der Waals surface area contributed by atoms with Crippen LogP contribution in [0.15, 0.2) is 24.5 Å². The Bertz CT molecular complexity index is 877. The molecule has 3 fully saturated rings. The van der Waals surface area contributed by atoms with Gasteiger partial charge in [-0.2, -0.15) is 13.5 Å². The van der Waals surface area contributed by atoms with Gasteiger partial charge in [0.25, 0.3) is 5.91 Å². The highest BCUT2D eigenvalue weighted by Gasteiger charge is 2.49. The molecule has 3 amide bonds. The van der Waals surface area contributed by atoms with Crippen LogP contribution in [0.25, 0.3) is 0 Å². The number of amides is 3. The Morgan fingerprint density at radius 2 is 2.07 bits per heavy atom. The standard InChI is InChI=1S/C17H25N5O7S/c23-16(15-4-3-14-10-21(15)17(24)22(14)29-30(25,26)27)19-28-11-13-7-12(8-18-13)9-20-5-1-2-6-20/h1-2,5-6,12-15,18H,3-4,7-11H2,(H,19,23)(H,25,26,27)/t12-,13-,14+,15-/m0/s1. The first-order valence-electron chi connectivity index (χ1n) is 9.83.